The molecular formula is C17H23N3OS. The van der Waals surface area contributed by atoms with Crippen molar-refractivity contribution >= 4 is 22.4 Å². The lowest BCUT2D eigenvalue weighted by Gasteiger charge is -2.15. The molecule has 0 aliphatic rings. The number of hydrogen-bond acceptors (Lipinski definition) is 4. The Bertz CT molecular complexity index is 583. The van der Waals surface area contributed by atoms with E-state index in [9.17, 15) is 4.79 Å². The van der Waals surface area contributed by atoms with Crippen LogP contribution in [0.15, 0.2) is 35.7 Å². The Morgan fingerprint density at radius 3 is 2.77 bits per heavy atom. The second-order valence-corrected chi connectivity index (χ2v) is 6.22. The van der Waals surface area contributed by atoms with Crippen molar-refractivity contribution in [3.05, 3.63) is 35.7 Å². The second-order valence-electron chi connectivity index (χ2n) is 5.36. The third kappa shape index (κ3) is 5.24. The van der Waals surface area contributed by atoms with Gasteiger partial charge in [0, 0.05) is 23.9 Å². The maximum atomic E-state index is 12.0. The van der Waals surface area contributed by atoms with Crippen LogP contribution in [0, 0.1) is 0 Å². The lowest BCUT2D eigenvalue weighted by Crippen LogP contribution is -2.25. The number of unbranched alkanes of at least 4 members (excludes halogenated alkanes) is 1. The Morgan fingerprint density at radius 2 is 2.05 bits per heavy atom. The van der Waals surface area contributed by atoms with E-state index in [-0.39, 0.29) is 5.91 Å². The molecule has 1 N–H and O–H groups in total. The van der Waals surface area contributed by atoms with E-state index in [2.05, 4.69) is 29.2 Å². The third-order valence-corrected chi connectivity index (χ3v) is 4.19. The van der Waals surface area contributed by atoms with Crippen LogP contribution in [-0.2, 0) is 4.79 Å². The number of hydrogen-bond donors (Lipinski definition) is 1. The van der Waals surface area contributed by atoms with Crippen LogP contribution >= 0.6 is 11.3 Å². The summed E-state index contributed by atoms with van der Waals surface area (Å²) < 4.78 is 0. The molecule has 1 aromatic heterocycles. The smallest absolute Gasteiger partial charge is 0.227 e. The minimum absolute atomic E-state index is 0.0253. The van der Waals surface area contributed by atoms with E-state index in [0.29, 0.717) is 11.6 Å². The summed E-state index contributed by atoms with van der Waals surface area (Å²) in [7, 11) is 2.06. The Balaban J connectivity index is 1.81. The van der Waals surface area contributed by atoms with Gasteiger partial charge in [0.1, 0.15) is 0 Å². The molecule has 0 aliphatic heterocycles. The van der Waals surface area contributed by atoms with Gasteiger partial charge in [0.15, 0.2) is 5.13 Å². The first kappa shape index (κ1) is 16.6. The molecule has 0 radical (unpaired) electrons. The van der Waals surface area contributed by atoms with E-state index in [0.717, 1.165) is 24.3 Å². The van der Waals surface area contributed by atoms with Crippen molar-refractivity contribution in [3.63, 3.8) is 0 Å². The predicted octanol–water partition coefficient (Wildman–Crippen LogP) is 3.87. The summed E-state index contributed by atoms with van der Waals surface area (Å²) in [5, 5.41) is 5.52. The zero-order valence-electron chi connectivity index (χ0n) is 13.2. The molecule has 5 heteroatoms. The van der Waals surface area contributed by atoms with Gasteiger partial charge >= 0.3 is 0 Å². The minimum atomic E-state index is 0.0253. The van der Waals surface area contributed by atoms with Gasteiger partial charge in [0.05, 0.1) is 5.69 Å². The fourth-order valence-electron chi connectivity index (χ4n) is 2.09. The summed E-state index contributed by atoms with van der Waals surface area (Å²) >= 11 is 1.46. The van der Waals surface area contributed by atoms with E-state index in [1.165, 1.54) is 24.2 Å². The van der Waals surface area contributed by atoms with Crippen LogP contribution in [0.25, 0.3) is 11.3 Å². The highest BCUT2D eigenvalue weighted by atomic mass is 32.1. The molecule has 0 atom stereocenters. The molecule has 22 heavy (non-hydrogen) atoms. The Morgan fingerprint density at radius 1 is 1.27 bits per heavy atom. The number of aromatic nitrogens is 1. The average Bonchev–Trinajstić information content (AvgIpc) is 3.00. The summed E-state index contributed by atoms with van der Waals surface area (Å²) in [6.07, 6.45) is 2.85. The van der Waals surface area contributed by atoms with Crippen molar-refractivity contribution in [3.8, 4) is 11.3 Å². The van der Waals surface area contributed by atoms with Crippen molar-refractivity contribution in [2.45, 2.75) is 26.2 Å². The Labute approximate surface area is 136 Å². The largest absolute Gasteiger partial charge is 0.306 e. The van der Waals surface area contributed by atoms with Crippen LogP contribution in [0.1, 0.15) is 26.2 Å². The highest BCUT2D eigenvalue weighted by Crippen LogP contribution is 2.24. The fraction of sp³-hybridized carbons (Fsp3) is 0.412. The number of rotatable bonds is 8. The topological polar surface area (TPSA) is 45.2 Å². The lowest BCUT2D eigenvalue weighted by molar-refractivity contribution is -0.116. The highest BCUT2D eigenvalue weighted by Gasteiger charge is 2.09. The summed E-state index contributed by atoms with van der Waals surface area (Å²) in [4.78, 5) is 18.6. The molecule has 0 saturated heterocycles. The summed E-state index contributed by atoms with van der Waals surface area (Å²) in [5.41, 5.74) is 1.97. The average molecular weight is 317 g/mol. The van der Waals surface area contributed by atoms with E-state index in [1.807, 2.05) is 35.7 Å². The predicted molar refractivity (Wildman–Crippen MR) is 93.2 cm³/mol. The molecule has 0 bridgehead atoms. The number of anilines is 1. The molecule has 4 nitrogen and oxygen atoms in total. The number of nitrogens with one attached hydrogen (secondary N) is 1. The maximum Gasteiger partial charge on any atom is 0.227 e. The van der Waals surface area contributed by atoms with Crippen LogP contribution in [0.2, 0.25) is 0 Å². The summed E-state index contributed by atoms with van der Waals surface area (Å²) in [6, 6.07) is 9.98. The first-order chi connectivity index (χ1) is 10.7. The molecule has 1 aromatic carbocycles. The van der Waals surface area contributed by atoms with E-state index >= 15 is 0 Å². The number of benzene rings is 1. The van der Waals surface area contributed by atoms with Gasteiger partial charge in [-0.15, -0.1) is 11.3 Å². The molecule has 1 heterocycles. The van der Waals surface area contributed by atoms with Gasteiger partial charge in [0.25, 0.3) is 0 Å². The zero-order valence-corrected chi connectivity index (χ0v) is 14.0. The monoisotopic (exact) mass is 317 g/mol. The number of amides is 1. The molecular weight excluding hydrogens is 294 g/mol. The number of thiazole rings is 1. The van der Waals surface area contributed by atoms with Crippen LogP contribution in [0.5, 0.6) is 0 Å². The van der Waals surface area contributed by atoms with Crippen LogP contribution in [0.3, 0.4) is 0 Å². The molecule has 0 saturated carbocycles. The first-order valence-electron chi connectivity index (χ1n) is 7.68. The van der Waals surface area contributed by atoms with Crippen LogP contribution in [-0.4, -0.2) is 35.9 Å². The molecule has 0 aliphatic carbocycles. The van der Waals surface area contributed by atoms with E-state index < -0.39 is 0 Å². The van der Waals surface area contributed by atoms with Gasteiger partial charge in [-0.25, -0.2) is 4.98 Å². The van der Waals surface area contributed by atoms with E-state index in [1.54, 1.807) is 0 Å². The SMILES string of the molecule is CCCCN(C)CCC(=O)Nc1nc(-c2ccccc2)cs1. The lowest BCUT2D eigenvalue weighted by atomic mass is 10.2. The Kier molecular flexibility index (Phi) is 6.55. The molecule has 2 aromatic rings. The van der Waals surface area contributed by atoms with Gasteiger partial charge in [-0.05, 0) is 20.0 Å². The normalized spacial score (nSPS) is 10.9. The highest BCUT2D eigenvalue weighted by molar-refractivity contribution is 7.14. The molecule has 2 rings (SSSR count). The molecule has 0 spiro atoms. The fourth-order valence-corrected chi connectivity index (χ4v) is 2.82. The maximum absolute atomic E-state index is 12.0. The van der Waals surface area contributed by atoms with Gasteiger partial charge in [-0.1, -0.05) is 43.7 Å². The standard InChI is InChI=1S/C17H23N3OS/c1-3-4-11-20(2)12-10-16(21)19-17-18-15(13-22-17)14-8-6-5-7-9-14/h5-9,13H,3-4,10-12H2,1-2H3,(H,18,19,21). The number of carbonyl (C=O) groups excluding carboxylic acids is 1. The van der Waals surface area contributed by atoms with Crippen LogP contribution in [0.4, 0.5) is 5.13 Å². The molecule has 118 valence electrons. The quantitative estimate of drug-likeness (QED) is 0.804. The molecule has 1 amide bonds. The van der Waals surface area contributed by atoms with Crippen molar-refractivity contribution in [1.82, 2.24) is 9.88 Å². The van der Waals surface area contributed by atoms with Crippen molar-refractivity contribution in [2.75, 3.05) is 25.5 Å². The zero-order chi connectivity index (χ0) is 15.8. The van der Waals surface area contributed by atoms with Gasteiger partial charge < -0.3 is 10.2 Å². The van der Waals surface area contributed by atoms with Gasteiger partial charge in [0.2, 0.25) is 5.91 Å². The second kappa shape index (κ2) is 8.66. The van der Waals surface area contributed by atoms with Crippen molar-refractivity contribution in [2.24, 2.45) is 0 Å². The van der Waals surface area contributed by atoms with Gasteiger partial charge in [-0.3, -0.25) is 4.79 Å². The minimum Gasteiger partial charge on any atom is -0.306 e. The Hall–Kier alpha value is -1.72. The first-order valence-corrected chi connectivity index (χ1v) is 8.56. The summed E-state index contributed by atoms with van der Waals surface area (Å²) in [5.74, 6) is 0.0253. The van der Waals surface area contributed by atoms with Gasteiger partial charge in [-0.2, -0.15) is 0 Å². The summed E-state index contributed by atoms with van der Waals surface area (Å²) in [6.45, 7) is 4.00. The third-order valence-electron chi connectivity index (χ3n) is 3.43. The van der Waals surface area contributed by atoms with Crippen molar-refractivity contribution < 1.29 is 4.79 Å². The number of carbonyl (C=O) groups is 1. The van der Waals surface area contributed by atoms with Crippen molar-refractivity contribution in [1.29, 1.82) is 0 Å². The molecule has 0 unspecified atom stereocenters. The number of nitrogens with zero attached hydrogens (tertiary/aromatic N) is 2. The van der Waals surface area contributed by atoms with Crippen LogP contribution < -0.4 is 5.32 Å². The van der Waals surface area contributed by atoms with E-state index in [4.69, 9.17) is 0 Å². The molecule has 0 fully saturated rings.